The number of hydrogen-bond donors (Lipinski definition) is 1. The Balaban J connectivity index is 2.25. The van der Waals surface area contributed by atoms with E-state index in [0.29, 0.717) is 18.6 Å². The standard InChI is InChI=1S/C14H22ClN3/c1-11-9-18(12(7-8-16)10-17(11)2)14-6-4-3-5-13(14)15/h3-6,11-12H,7-10,16H2,1-2H3. The van der Waals surface area contributed by atoms with Crippen molar-refractivity contribution in [3.05, 3.63) is 29.3 Å². The number of hydrogen-bond acceptors (Lipinski definition) is 3. The number of likely N-dealkylation sites (N-methyl/N-ethyl adjacent to an activating group) is 1. The number of nitrogens with two attached hydrogens (primary N) is 1. The molecule has 2 N–H and O–H groups in total. The Morgan fingerprint density at radius 2 is 2.06 bits per heavy atom. The molecule has 2 unspecified atom stereocenters. The van der Waals surface area contributed by atoms with Gasteiger partial charge in [-0.25, -0.2) is 0 Å². The van der Waals surface area contributed by atoms with E-state index in [1.807, 2.05) is 18.2 Å². The van der Waals surface area contributed by atoms with Gasteiger partial charge < -0.3 is 10.6 Å². The summed E-state index contributed by atoms with van der Waals surface area (Å²) in [7, 11) is 2.18. The predicted molar refractivity (Wildman–Crippen MR) is 78.3 cm³/mol. The Kier molecular flexibility index (Phi) is 4.49. The van der Waals surface area contributed by atoms with E-state index >= 15 is 0 Å². The van der Waals surface area contributed by atoms with Crippen molar-refractivity contribution in [2.75, 3.05) is 31.6 Å². The van der Waals surface area contributed by atoms with Crippen molar-refractivity contribution in [2.24, 2.45) is 5.73 Å². The summed E-state index contributed by atoms with van der Waals surface area (Å²) in [6.07, 6.45) is 1.00. The first kappa shape index (κ1) is 13.7. The number of piperazine rings is 1. The van der Waals surface area contributed by atoms with Gasteiger partial charge >= 0.3 is 0 Å². The molecule has 18 heavy (non-hydrogen) atoms. The van der Waals surface area contributed by atoms with Crippen LogP contribution in [0.3, 0.4) is 0 Å². The summed E-state index contributed by atoms with van der Waals surface area (Å²) in [4.78, 5) is 4.81. The van der Waals surface area contributed by atoms with Crippen LogP contribution >= 0.6 is 11.6 Å². The largest absolute Gasteiger partial charge is 0.364 e. The number of nitrogens with zero attached hydrogens (tertiary/aromatic N) is 2. The highest BCUT2D eigenvalue weighted by molar-refractivity contribution is 6.33. The van der Waals surface area contributed by atoms with Gasteiger partial charge in [0.15, 0.2) is 0 Å². The molecule has 1 aliphatic heterocycles. The molecular formula is C14H22ClN3. The average molecular weight is 268 g/mol. The fraction of sp³-hybridized carbons (Fsp3) is 0.571. The van der Waals surface area contributed by atoms with E-state index in [1.54, 1.807) is 0 Å². The van der Waals surface area contributed by atoms with Crippen molar-refractivity contribution < 1.29 is 0 Å². The molecule has 100 valence electrons. The third-order valence-corrected chi connectivity index (χ3v) is 4.13. The predicted octanol–water partition coefficient (Wildman–Crippen LogP) is 2.20. The van der Waals surface area contributed by atoms with Crippen molar-refractivity contribution in [3.63, 3.8) is 0 Å². The molecule has 0 spiro atoms. The lowest BCUT2D eigenvalue weighted by Gasteiger charge is -2.45. The van der Waals surface area contributed by atoms with Crippen molar-refractivity contribution in [3.8, 4) is 0 Å². The SMILES string of the molecule is CC1CN(c2ccccc2Cl)C(CCN)CN1C. The lowest BCUT2D eigenvalue weighted by Crippen LogP contribution is -2.56. The second-order valence-corrected chi connectivity index (χ2v) is 5.53. The van der Waals surface area contributed by atoms with Crippen molar-refractivity contribution in [2.45, 2.75) is 25.4 Å². The van der Waals surface area contributed by atoms with E-state index in [4.69, 9.17) is 17.3 Å². The highest BCUT2D eigenvalue weighted by Crippen LogP contribution is 2.30. The van der Waals surface area contributed by atoms with E-state index in [9.17, 15) is 0 Å². The van der Waals surface area contributed by atoms with Crippen LogP contribution in [0.25, 0.3) is 0 Å². The summed E-state index contributed by atoms with van der Waals surface area (Å²) in [5, 5.41) is 0.830. The molecular weight excluding hydrogens is 246 g/mol. The van der Waals surface area contributed by atoms with Gasteiger partial charge in [-0.05, 0) is 39.1 Å². The van der Waals surface area contributed by atoms with E-state index in [-0.39, 0.29) is 0 Å². The van der Waals surface area contributed by atoms with Gasteiger partial charge in [-0.15, -0.1) is 0 Å². The molecule has 0 bridgehead atoms. The van der Waals surface area contributed by atoms with E-state index < -0.39 is 0 Å². The first-order valence-electron chi connectivity index (χ1n) is 6.55. The Morgan fingerprint density at radius 3 is 2.72 bits per heavy atom. The van der Waals surface area contributed by atoms with E-state index in [1.165, 1.54) is 0 Å². The highest BCUT2D eigenvalue weighted by atomic mass is 35.5. The van der Waals surface area contributed by atoms with Crippen LogP contribution in [-0.4, -0.2) is 43.7 Å². The van der Waals surface area contributed by atoms with Gasteiger partial charge in [0.05, 0.1) is 10.7 Å². The molecule has 1 aliphatic rings. The molecule has 1 aromatic rings. The summed E-state index contributed by atoms with van der Waals surface area (Å²) < 4.78 is 0. The van der Waals surface area contributed by atoms with Crippen LogP contribution in [0.15, 0.2) is 24.3 Å². The topological polar surface area (TPSA) is 32.5 Å². The zero-order valence-electron chi connectivity index (χ0n) is 11.1. The molecule has 4 heteroatoms. The van der Waals surface area contributed by atoms with Crippen LogP contribution in [0.5, 0.6) is 0 Å². The van der Waals surface area contributed by atoms with E-state index in [0.717, 1.165) is 30.2 Å². The van der Waals surface area contributed by atoms with E-state index in [2.05, 4.69) is 29.8 Å². The normalized spacial score (nSPS) is 25.4. The maximum Gasteiger partial charge on any atom is 0.0639 e. The van der Waals surface area contributed by atoms with Gasteiger partial charge in [-0.3, -0.25) is 4.90 Å². The van der Waals surface area contributed by atoms with Gasteiger partial charge in [0, 0.05) is 25.2 Å². The Hall–Kier alpha value is -0.770. The molecule has 0 amide bonds. The smallest absolute Gasteiger partial charge is 0.0639 e. The van der Waals surface area contributed by atoms with Gasteiger partial charge in [0.25, 0.3) is 0 Å². The third-order valence-electron chi connectivity index (χ3n) is 3.81. The summed E-state index contributed by atoms with van der Waals surface area (Å²) in [5.74, 6) is 0. The number of para-hydroxylation sites is 1. The lowest BCUT2D eigenvalue weighted by molar-refractivity contribution is 0.196. The summed E-state index contributed by atoms with van der Waals surface area (Å²) >= 11 is 6.32. The fourth-order valence-electron chi connectivity index (χ4n) is 2.60. The van der Waals surface area contributed by atoms with Gasteiger partial charge in [-0.1, -0.05) is 23.7 Å². The molecule has 0 aromatic heterocycles. The minimum atomic E-state index is 0.455. The Morgan fingerprint density at radius 1 is 1.33 bits per heavy atom. The molecule has 1 aromatic carbocycles. The fourth-order valence-corrected chi connectivity index (χ4v) is 2.85. The number of rotatable bonds is 3. The van der Waals surface area contributed by atoms with Crippen LogP contribution in [0, 0.1) is 0 Å². The third kappa shape index (κ3) is 2.79. The second-order valence-electron chi connectivity index (χ2n) is 5.12. The van der Waals surface area contributed by atoms with Crippen LogP contribution < -0.4 is 10.6 Å². The molecule has 2 rings (SSSR count). The molecule has 0 radical (unpaired) electrons. The minimum absolute atomic E-state index is 0.455. The maximum atomic E-state index is 6.32. The monoisotopic (exact) mass is 267 g/mol. The van der Waals surface area contributed by atoms with Crippen molar-refractivity contribution in [1.29, 1.82) is 0 Å². The van der Waals surface area contributed by atoms with Gasteiger partial charge in [-0.2, -0.15) is 0 Å². The molecule has 0 aliphatic carbocycles. The average Bonchev–Trinajstić information content (AvgIpc) is 2.35. The van der Waals surface area contributed by atoms with Crippen molar-refractivity contribution >= 4 is 17.3 Å². The Bertz CT molecular complexity index is 396. The molecule has 1 heterocycles. The van der Waals surface area contributed by atoms with Crippen molar-refractivity contribution in [1.82, 2.24) is 4.90 Å². The maximum absolute atomic E-state index is 6.32. The van der Waals surface area contributed by atoms with Crippen LogP contribution in [0.2, 0.25) is 5.02 Å². The minimum Gasteiger partial charge on any atom is -0.364 e. The summed E-state index contributed by atoms with van der Waals surface area (Å²) in [6.45, 7) is 5.02. The first-order valence-corrected chi connectivity index (χ1v) is 6.92. The summed E-state index contributed by atoms with van der Waals surface area (Å²) in [6, 6.07) is 9.07. The van der Waals surface area contributed by atoms with Crippen LogP contribution in [-0.2, 0) is 0 Å². The molecule has 0 saturated carbocycles. The molecule has 1 saturated heterocycles. The van der Waals surface area contributed by atoms with Gasteiger partial charge in [0.2, 0.25) is 0 Å². The number of anilines is 1. The first-order chi connectivity index (χ1) is 8.63. The molecule has 1 fully saturated rings. The summed E-state index contributed by atoms with van der Waals surface area (Å²) in [5.41, 5.74) is 6.88. The zero-order valence-corrected chi connectivity index (χ0v) is 11.9. The van der Waals surface area contributed by atoms with Crippen LogP contribution in [0.1, 0.15) is 13.3 Å². The highest BCUT2D eigenvalue weighted by Gasteiger charge is 2.29. The Labute approximate surface area is 115 Å². The zero-order chi connectivity index (χ0) is 13.1. The lowest BCUT2D eigenvalue weighted by atomic mass is 10.0. The molecule has 3 nitrogen and oxygen atoms in total. The quantitative estimate of drug-likeness (QED) is 0.911. The van der Waals surface area contributed by atoms with Crippen LogP contribution in [0.4, 0.5) is 5.69 Å². The number of halogens is 1. The second kappa shape index (κ2) is 5.91. The molecule has 2 atom stereocenters. The van der Waals surface area contributed by atoms with Gasteiger partial charge in [0.1, 0.15) is 0 Å². The number of benzene rings is 1.